The van der Waals surface area contributed by atoms with Gasteiger partial charge in [0.25, 0.3) is 0 Å². The fourth-order valence-corrected chi connectivity index (χ4v) is 2.40. The average Bonchev–Trinajstić information content (AvgIpc) is 2.59. The molecule has 2 atom stereocenters. The highest BCUT2D eigenvalue weighted by Gasteiger charge is 2.64. The molecule has 0 saturated carbocycles. The van der Waals surface area contributed by atoms with Crippen molar-refractivity contribution < 1.29 is 23.9 Å². The van der Waals surface area contributed by atoms with Gasteiger partial charge in [0, 0.05) is 12.5 Å². The Morgan fingerprint density at radius 2 is 2.44 bits per heavy atom. The largest absolute Gasteiger partial charge is 0.471 e. The molecule has 2 saturated heterocycles. The molecule has 2 aliphatic rings. The highest BCUT2D eigenvalue weighted by molar-refractivity contribution is 5.96. The van der Waals surface area contributed by atoms with E-state index in [1.807, 2.05) is 0 Å². The third-order valence-electron chi connectivity index (χ3n) is 3.17. The number of rotatable bonds is 4. The van der Waals surface area contributed by atoms with E-state index in [0.29, 0.717) is 6.29 Å². The Labute approximate surface area is 104 Å². The van der Waals surface area contributed by atoms with Crippen molar-refractivity contribution in [3.8, 4) is 0 Å². The molecule has 0 aromatic heterocycles. The molecule has 6 nitrogen and oxygen atoms in total. The van der Waals surface area contributed by atoms with Gasteiger partial charge in [-0.2, -0.15) is 0 Å². The Morgan fingerprint density at radius 1 is 1.72 bits per heavy atom. The Morgan fingerprint density at radius 3 is 2.94 bits per heavy atom. The molecule has 2 aliphatic heterocycles. The van der Waals surface area contributed by atoms with Crippen molar-refractivity contribution in [2.75, 3.05) is 7.11 Å². The van der Waals surface area contributed by atoms with Crippen LogP contribution in [0.4, 0.5) is 0 Å². The number of hydrogen-bond donors (Lipinski definition) is 0. The van der Waals surface area contributed by atoms with Crippen molar-refractivity contribution in [1.82, 2.24) is 4.90 Å². The van der Waals surface area contributed by atoms with E-state index in [-0.39, 0.29) is 24.5 Å². The third-order valence-corrected chi connectivity index (χ3v) is 3.17. The Bertz CT molecular complexity index is 455. The normalized spacial score (nSPS) is 31.4. The van der Waals surface area contributed by atoms with E-state index < -0.39 is 17.7 Å². The van der Waals surface area contributed by atoms with Crippen molar-refractivity contribution in [1.29, 1.82) is 0 Å². The van der Waals surface area contributed by atoms with Gasteiger partial charge in [-0.3, -0.25) is 14.5 Å². The summed E-state index contributed by atoms with van der Waals surface area (Å²) in [6, 6.07) is 0. The highest BCUT2D eigenvalue weighted by atomic mass is 16.6. The lowest BCUT2D eigenvalue weighted by atomic mass is 9.88. The molecular formula is C12H13NO5. The Kier molecular flexibility index (Phi) is 2.94. The molecule has 0 radical (unpaired) electrons. The smallest absolute Gasteiger partial charge is 0.340 e. The first-order chi connectivity index (χ1) is 8.61. The summed E-state index contributed by atoms with van der Waals surface area (Å²) >= 11 is 0. The molecule has 1 amide bonds. The molecule has 0 aromatic carbocycles. The molecule has 96 valence electrons. The number of methoxy groups -OCH3 is 1. The van der Waals surface area contributed by atoms with Crippen LogP contribution < -0.4 is 0 Å². The van der Waals surface area contributed by atoms with Crippen molar-refractivity contribution in [3.05, 3.63) is 24.5 Å². The van der Waals surface area contributed by atoms with Gasteiger partial charge in [-0.05, 0) is 0 Å². The van der Waals surface area contributed by atoms with Crippen molar-refractivity contribution >= 4 is 18.2 Å². The van der Waals surface area contributed by atoms with E-state index >= 15 is 0 Å². The molecule has 0 spiro atoms. The maximum Gasteiger partial charge on any atom is 0.340 e. The number of esters is 1. The lowest BCUT2D eigenvalue weighted by molar-refractivity contribution is -0.171. The van der Waals surface area contributed by atoms with E-state index in [1.165, 1.54) is 18.1 Å². The second kappa shape index (κ2) is 4.29. The molecule has 6 heteroatoms. The predicted octanol–water partition coefficient (Wildman–Crippen LogP) is 0.146. The van der Waals surface area contributed by atoms with Crippen molar-refractivity contribution in [2.45, 2.75) is 24.6 Å². The first-order valence-electron chi connectivity index (χ1n) is 5.46. The third kappa shape index (κ3) is 1.38. The summed E-state index contributed by atoms with van der Waals surface area (Å²) in [7, 11) is 1.23. The minimum Gasteiger partial charge on any atom is -0.471 e. The van der Waals surface area contributed by atoms with Gasteiger partial charge in [0.05, 0.1) is 13.5 Å². The summed E-state index contributed by atoms with van der Waals surface area (Å²) in [5.74, 6) is -0.701. The molecule has 1 unspecified atom stereocenters. The molecule has 0 bridgehead atoms. The van der Waals surface area contributed by atoms with Crippen LogP contribution in [0.2, 0.25) is 0 Å². The van der Waals surface area contributed by atoms with Crippen LogP contribution in [0, 0.1) is 0 Å². The second-order valence-electron chi connectivity index (χ2n) is 4.05. The molecule has 18 heavy (non-hydrogen) atoms. The number of amides is 1. The molecule has 0 N–H and O–H groups in total. The summed E-state index contributed by atoms with van der Waals surface area (Å²) in [6.45, 7) is 3.57. The van der Waals surface area contributed by atoms with Gasteiger partial charge < -0.3 is 9.47 Å². The summed E-state index contributed by atoms with van der Waals surface area (Å²) in [5, 5.41) is 0. The minimum absolute atomic E-state index is 0.139. The topological polar surface area (TPSA) is 72.9 Å². The van der Waals surface area contributed by atoms with Gasteiger partial charge in [-0.25, -0.2) is 4.79 Å². The molecule has 2 rings (SSSR count). The summed E-state index contributed by atoms with van der Waals surface area (Å²) in [5.41, 5.74) is -1.38. The van der Waals surface area contributed by atoms with Gasteiger partial charge in [-0.1, -0.05) is 6.08 Å². The standard InChI is InChI=1S/C12H13NO5/c1-3-5-12(11(16)17-2)8(4-6-14)18-10-7-9(15)13(10)12/h3-4,6,10H,1,5,7H2,2H3/t10-,12?/m1/s1. The van der Waals surface area contributed by atoms with Crippen LogP contribution >= 0.6 is 0 Å². The van der Waals surface area contributed by atoms with Crippen LogP contribution in [-0.2, 0) is 23.9 Å². The molecule has 0 aliphatic carbocycles. The van der Waals surface area contributed by atoms with Gasteiger partial charge >= 0.3 is 5.97 Å². The highest BCUT2D eigenvalue weighted by Crippen LogP contribution is 2.46. The number of aldehydes is 1. The fraction of sp³-hybridized carbons (Fsp3) is 0.417. The number of carbonyl (C=O) groups excluding carboxylic acids is 3. The van der Waals surface area contributed by atoms with E-state index in [4.69, 9.17) is 9.47 Å². The average molecular weight is 251 g/mol. The number of fused-ring (bicyclic) bond motifs is 1. The van der Waals surface area contributed by atoms with Gasteiger partial charge in [-0.15, -0.1) is 6.58 Å². The van der Waals surface area contributed by atoms with Crippen LogP contribution in [0.15, 0.2) is 24.5 Å². The van der Waals surface area contributed by atoms with Gasteiger partial charge in [0.1, 0.15) is 12.0 Å². The predicted molar refractivity (Wildman–Crippen MR) is 60.0 cm³/mol. The Hall–Kier alpha value is -2.11. The molecular weight excluding hydrogens is 238 g/mol. The Balaban J connectivity index is 2.52. The van der Waals surface area contributed by atoms with E-state index in [1.54, 1.807) is 0 Å². The lowest BCUT2D eigenvalue weighted by Gasteiger charge is -2.40. The van der Waals surface area contributed by atoms with Gasteiger partial charge in [0.2, 0.25) is 11.4 Å². The SMILES string of the molecule is C=CCC1(C(=O)OC)C(=CC=O)O[C@@H]2CC(=O)N21. The van der Waals surface area contributed by atoms with Crippen molar-refractivity contribution in [2.24, 2.45) is 0 Å². The fourth-order valence-electron chi connectivity index (χ4n) is 2.40. The first kappa shape index (κ1) is 12.3. The van der Waals surface area contributed by atoms with Gasteiger partial charge in [0.15, 0.2) is 6.23 Å². The second-order valence-corrected chi connectivity index (χ2v) is 4.05. The van der Waals surface area contributed by atoms with Crippen LogP contribution in [0.1, 0.15) is 12.8 Å². The van der Waals surface area contributed by atoms with E-state index in [0.717, 1.165) is 6.08 Å². The molecule has 2 fully saturated rings. The summed E-state index contributed by atoms with van der Waals surface area (Å²) in [6.07, 6.45) is 3.00. The number of nitrogens with zero attached hydrogens (tertiary/aromatic N) is 1. The summed E-state index contributed by atoms with van der Waals surface area (Å²) < 4.78 is 10.2. The lowest BCUT2D eigenvalue weighted by Crippen LogP contribution is -2.62. The monoisotopic (exact) mass is 251 g/mol. The minimum atomic E-state index is -1.38. The van der Waals surface area contributed by atoms with Crippen LogP contribution in [-0.4, -0.2) is 41.9 Å². The maximum atomic E-state index is 12.0. The zero-order valence-electron chi connectivity index (χ0n) is 9.92. The zero-order chi connectivity index (χ0) is 13.3. The number of hydrogen-bond acceptors (Lipinski definition) is 5. The van der Waals surface area contributed by atoms with E-state index in [9.17, 15) is 14.4 Å². The number of carbonyl (C=O) groups is 3. The first-order valence-corrected chi connectivity index (χ1v) is 5.46. The van der Waals surface area contributed by atoms with Crippen molar-refractivity contribution in [3.63, 3.8) is 0 Å². The van der Waals surface area contributed by atoms with Crippen LogP contribution in [0.25, 0.3) is 0 Å². The zero-order valence-corrected chi connectivity index (χ0v) is 9.92. The quantitative estimate of drug-likeness (QED) is 0.234. The number of allylic oxidation sites excluding steroid dienone is 1. The molecule has 0 aromatic rings. The molecule has 2 heterocycles. The van der Waals surface area contributed by atoms with Crippen LogP contribution in [0.3, 0.4) is 0 Å². The summed E-state index contributed by atoms with van der Waals surface area (Å²) in [4.78, 5) is 35.7. The van der Waals surface area contributed by atoms with E-state index in [2.05, 4.69) is 6.58 Å². The maximum absolute atomic E-state index is 12.0. The van der Waals surface area contributed by atoms with Crippen LogP contribution in [0.5, 0.6) is 0 Å². The number of ether oxygens (including phenoxy) is 2. The number of β-lactam (4-membered cyclic amide) rings is 1.